The molecule has 0 radical (unpaired) electrons. The monoisotopic (exact) mass is 375 g/mol. The van der Waals surface area contributed by atoms with Crippen LogP contribution in [0.4, 0.5) is 0 Å². The van der Waals surface area contributed by atoms with E-state index in [4.69, 9.17) is 0 Å². The number of amides is 1. The average molecular weight is 376 g/mol. The van der Waals surface area contributed by atoms with Gasteiger partial charge in [0.2, 0.25) is 5.91 Å². The molecule has 4 nitrogen and oxygen atoms in total. The van der Waals surface area contributed by atoms with Gasteiger partial charge in [0.1, 0.15) is 0 Å². The van der Waals surface area contributed by atoms with Gasteiger partial charge in [-0.1, -0.05) is 62.4 Å². The molecule has 0 aliphatic heterocycles. The Hall–Kier alpha value is -2.72. The molecule has 1 heterocycles. The maximum absolute atomic E-state index is 12.6. The van der Waals surface area contributed by atoms with Crippen molar-refractivity contribution in [2.45, 2.75) is 39.8 Å². The Morgan fingerprint density at radius 1 is 1.00 bits per heavy atom. The van der Waals surface area contributed by atoms with Crippen LogP contribution in [0.5, 0.6) is 0 Å². The molecule has 28 heavy (non-hydrogen) atoms. The quantitative estimate of drug-likeness (QED) is 0.629. The van der Waals surface area contributed by atoms with Crippen LogP contribution in [0, 0.1) is 12.8 Å². The number of carbonyl (C=O) groups excluding carboxylic acids is 1. The molecule has 2 unspecified atom stereocenters. The molecule has 1 amide bonds. The zero-order valence-electron chi connectivity index (χ0n) is 17.1. The van der Waals surface area contributed by atoms with Crippen molar-refractivity contribution < 1.29 is 4.79 Å². The SMILES string of the molecule is Cc1cccnc1C(NCC(=O)NC(C)c1cccc2ccccc12)C(C)C. The molecule has 0 bridgehead atoms. The lowest BCUT2D eigenvalue weighted by Gasteiger charge is -2.24. The van der Waals surface area contributed by atoms with E-state index in [1.165, 1.54) is 10.8 Å². The summed E-state index contributed by atoms with van der Waals surface area (Å²) in [6.07, 6.45) is 1.81. The van der Waals surface area contributed by atoms with Crippen LogP contribution >= 0.6 is 0 Å². The molecular formula is C24H29N3O. The van der Waals surface area contributed by atoms with Crippen LogP contribution in [0.3, 0.4) is 0 Å². The van der Waals surface area contributed by atoms with Crippen LogP contribution in [0.2, 0.25) is 0 Å². The minimum atomic E-state index is -0.0607. The van der Waals surface area contributed by atoms with Crippen molar-refractivity contribution in [2.75, 3.05) is 6.54 Å². The topological polar surface area (TPSA) is 54.0 Å². The van der Waals surface area contributed by atoms with Crippen molar-refractivity contribution in [1.82, 2.24) is 15.6 Å². The Morgan fingerprint density at radius 2 is 1.75 bits per heavy atom. The third-order valence-corrected chi connectivity index (χ3v) is 5.16. The summed E-state index contributed by atoms with van der Waals surface area (Å²) >= 11 is 0. The van der Waals surface area contributed by atoms with E-state index in [-0.39, 0.29) is 24.5 Å². The number of hydrogen-bond acceptors (Lipinski definition) is 3. The molecule has 146 valence electrons. The van der Waals surface area contributed by atoms with Gasteiger partial charge < -0.3 is 5.32 Å². The first-order valence-electron chi connectivity index (χ1n) is 9.89. The number of fused-ring (bicyclic) bond motifs is 1. The van der Waals surface area contributed by atoms with E-state index in [9.17, 15) is 4.79 Å². The highest BCUT2D eigenvalue weighted by Crippen LogP contribution is 2.24. The van der Waals surface area contributed by atoms with Crippen molar-refractivity contribution >= 4 is 16.7 Å². The highest BCUT2D eigenvalue weighted by molar-refractivity contribution is 5.87. The Kier molecular flexibility index (Phi) is 6.42. The first-order valence-corrected chi connectivity index (χ1v) is 9.89. The van der Waals surface area contributed by atoms with Gasteiger partial charge in [0.15, 0.2) is 0 Å². The van der Waals surface area contributed by atoms with Crippen LogP contribution in [0.1, 0.15) is 49.7 Å². The summed E-state index contributed by atoms with van der Waals surface area (Å²) in [4.78, 5) is 17.1. The van der Waals surface area contributed by atoms with Crippen LogP contribution < -0.4 is 10.6 Å². The summed E-state index contributed by atoms with van der Waals surface area (Å²) in [6.45, 7) is 8.63. The number of benzene rings is 2. The molecule has 3 rings (SSSR count). The molecule has 0 aliphatic carbocycles. The molecule has 1 aromatic heterocycles. The Labute approximate surface area is 167 Å². The summed E-state index contributed by atoms with van der Waals surface area (Å²) in [5, 5.41) is 8.88. The number of aryl methyl sites for hydroxylation is 1. The van der Waals surface area contributed by atoms with E-state index < -0.39 is 0 Å². The van der Waals surface area contributed by atoms with Gasteiger partial charge in [-0.25, -0.2) is 0 Å². The Balaban J connectivity index is 1.67. The third-order valence-electron chi connectivity index (χ3n) is 5.16. The van der Waals surface area contributed by atoms with E-state index in [0.29, 0.717) is 5.92 Å². The average Bonchev–Trinajstić information content (AvgIpc) is 2.68. The summed E-state index contributed by atoms with van der Waals surface area (Å²) < 4.78 is 0. The number of carbonyl (C=O) groups is 1. The van der Waals surface area contributed by atoms with E-state index in [1.54, 1.807) is 0 Å². The predicted octanol–water partition coefficient (Wildman–Crippen LogP) is 4.71. The number of pyridine rings is 1. The van der Waals surface area contributed by atoms with E-state index in [2.05, 4.69) is 66.7 Å². The summed E-state index contributed by atoms with van der Waals surface area (Å²) in [6, 6.07) is 18.5. The summed E-state index contributed by atoms with van der Waals surface area (Å²) in [5.74, 6) is 0.316. The van der Waals surface area contributed by atoms with E-state index >= 15 is 0 Å². The van der Waals surface area contributed by atoms with E-state index in [0.717, 1.165) is 16.8 Å². The maximum Gasteiger partial charge on any atom is 0.234 e. The molecule has 4 heteroatoms. The van der Waals surface area contributed by atoms with Crippen molar-refractivity contribution in [3.63, 3.8) is 0 Å². The lowest BCUT2D eigenvalue weighted by Crippen LogP contribution is -2.38. The molecule has 3 aromatic rings. The van der Waals surface area contributed by atoms with Gasteiger partial charge in [0.05, 0.1) is 24.3 Å². The fourth-order valence-electron chi connectivity index (χ4n) is 3.67. The standard InChI is InChI=1S/C24H29N3O/c1-16(2)23(24-17(3)9-8-14-25-24)26-15-22(28)27-18(4)20-13-7-11-19-10-5-6-12-21(19)20/h5-14,16,18,23,26H,15H2,1-4H3,(H,27,28). The minimum absolute atomic E-state index is 0.0142. The van der Waals surface area contributed by atoms with Gasteiger partial charge in [0, 0.05) is 6.20 Å². The molecule has 0 fully saturated rings. The highest BCUT2D eigenvalue weighted by atomic mass is 16.1. The second kappa shape index (κ2) is 8.98. The van der Waals surface area contributed by atoms with Crippen LogP contribution in [-0.2, 0) is 4.79 Å². The van der Waals surface area contributed by atoms with Gasteiger partial charge in [-0.05, 0) is 47.7 Å². The lowest BCUT2D eigenvalue weighted by molar-refractivity contribution is -0.121. The molecule has 0 saturated heterocycles. The lowest BCUT2D eigenvalue weighted by atomic mass is 9.97. The fraction of sp³-hybridized carbons (Fsp3) is 0.333. The molecule has 0 aliphatic rings. The summed E-state index contributed by atoms with van der Waals surface area (Å²) in [7, 11) is 0. The minimum Gasteiger partial charge on any atom is -0.348 e. The highest BCUT2D eigenvalue weighted by Gasteiger charge is 2.20. The zero-order valence-corrected chi connectivity index (χ0v) is 17.1. The van der Waals surface area contributed by atoms with Gasteiger partial charge in [0.25, 0.3) is 0 Å². The summed E-state index contributed by atoms with van der Waals surface area (Å²) in [5.41, 5.74) is 3.28. The maximum atomic E-state index is 12.6. The Bertz CT molecular complexity index is 946. The van der Waals surface area contributed by atoms with Gasteiger partial charge in [-0.2, -0.15) is 0 Å². The fourth-order valence-corrected chi connectivity index (χ4v) is 3.67. The largest absolute Gasteiger partial charge is 0.348 e. The van der Waals surface area contributed by atoms with Crippen molar-refractivity contribution in [3.8, 4) is 0 Å². The van der Waals surface area contributed by atoms with Crippen LogP contribution in [-0.4, -0.2) is 17.4 Å². The second-order valence-corrected chi connectivity index (χ2v) is 7.67. The van der Waals surface area contributed by atoms with Crippen molar-refractivity contribution in [3.05, 3.63) is 77.6 Å². The van der Waals surface area contributed by atoms with Gasteiger partial charge >= 0.3 is 0 Å². The number of rotatable bonds is 7. The molecule has 2 N–H and O–H groups in total. The van der Waals surface area contributed by atoms with Gasteiger partial charge in [-0.3, -0.25) is 15.1 Å². The van der Waals surface area contributed by atoms with E-state index in [1.807, 2.05) is 37.4 Å². The predicted molar refractivity (Wildman–Crippen MR) is 115 cm³/mol. The first kappa shape index (κ1) is 20.0. The number of hydrogen-bond donors (Lipinski definition) is 2. The van der Waals surface area contributed by atoms with Crippen LogP contribution in [0.25, 0.3) is 10.8 Å². The second-order valence-electron chi connectivity index (χ2n) is 7.67. The molecule has 2 aromatic carbocycles. The zero-order chi connectivity index (χ0) is 20.1. The Morgan fingerprint density at radius 3 is 2.50 bits per heavy atom. The third kappa shape index (κ3) is 4.57. The van der Waals surface area contributed by atoms with Crippen LogP contribution in [0.15, 0.2) is 60.8 Å². The van der Waals surface area contributed by atoms with Gasteiger partial charge in [-0.15, -0.1) is 0 Å². The number of nitrogens with one attached hydrogen (secondary N) is 2. The number of aromatic nitrogens is 1. The molecule has 0 spiro atoms. The van der Waals surface area contributed by atoms with Crippen molar-refractivity contribution in [2.24, 2.45) is 5.92 Å². The molecule has 0 saturated carbocycles. The smallest absolute Gasteiger partial charge is 0.234 e. The first-order chi connectivity index (χ1) is 13.5. The molecule has 2 atom stereocenters. The normalized spacial score (nSPS) is 13.5. The molecular weight excluding hydrogens is 346 g/mol. The van der Waals surface area contributed by atoms with Crippen molar-refractivity contribution in [1.29, 1.82) is 0 Å². The number of nitrogens with zero attached hydrogens (tertiary/aromatic N) is 1.